The number of nitrogens with zero attached hydrogens (tertiary/aromatic N) is 2. The first-order valence-corrected chi connectivity index (χ1v) is 6.32. The fourth-order valence-electron chi connectivity index (χ4n) is 2.41. The first kappa shape index (κ1) is 13.8. The first-order valence-electron chi connectivity index (χ1n) is 6.32. The fourth-order valence-corrected chi connectivity index (χ4v) is 2.41. The summed E-state index contributed by atoms with van der Waals surface area (Å²) in [6, 6.07) is 3.93. The Kier molecular flexibility index (Phi) is 3.72. The van der Waals surface area contributed by atoms with E-state index >= 15 is 0 Å². The topological polar surface area (TPSA) is 39.1 Å². The first-order chi connectivity index (χ1) is 8.99. The van der Waals surface area contributed by atoms with E-state index < -0.39 is 11.6 Å². The van der Waals surface area contributed by atoms with Crippen molar-refractivity contribution in [3.63, 3.8) is 0 Å². The van der Waals surface area contributed by atoms with E-state index in [-0.39, 0.29) is 16.8 Å². The van der Waals surface area contributed by atoms with E-state index in [0.29, 0.717) is 13.1 Å². The Morgan fingerprint density at radius 1 is 1.26 bits per heavy atom. The van der Waals surface area contributed by atoms with Crippen molar-refractivity contribution < 1.29 is 8.78 Å². The summed E-state index contributed by atoms with van der Waals surface area (Å²) in [7, 11) is 1.90. The number of halogens is 2. The van der Waals surface area contributed by atoms with Crippen LogP contribution in [0.3, 0.4) is 0 Å². The average Bonchev–Trinajstić information content (AvgIpc) is 2.40. The average molecular weight is 265 g/mol. The predicted molar refractivity (Wildman–Crippen MR) is 70.0 cm³/mol. The maximum atomic E-state index is 13.9. The Hall–Kier alpha value is -1.67. The van der Waals surface area contributed by atoms with Crippen molar-refractivity contribution in [1.29, 1.82) is 5.26 Å². The van der Waals surface area contributed by atoms with Crippen molar-refractivity contribution in [1.82, 2.24) is 5.32 Å². The van der Waals surface area contributed by atoms with Gasteiger partial charge in [-0.1, -0.05) is 0 Å². The zero-order chi connectivity index (χ0) is 14.0. The molecule has 0 bridgehead atoms. The molecule has 0 aliphatic carbocycles. The summed E-state index contributed by atoms with van der Waals surface area (Å²) in [5.74, 6) is -1.32. The van der Waals surface area contributed by atoms with Crippen LogP contribution in [-0.2, 0) is 0 Å². The van der Waals surface area contributed by atoms with Crippen LogP contribution in [0.4, 0.5) is 14.5 Å². The largest absolute Gasteiger partial charge is 0.367 e. The van der Waals surface area contributed by atoms with Crippen molar-refractivity contribution in [3.05, 3.63) is 29.3 Å². The molecule has 0 amide bonds. The van der Waals surface area contributed by atoms with E-state index in [1.165, 1.54) is 0 Å². The third-order valence-electron chi connectivity index (χ3n) is 3.93. The van der Waals surface area contributed by atoms with Gasteiger partial charge in [0.2, 0.25) is 0 Å². The molecule has 102 valence electrons. The molecule has 1 aliphatic heterocycles. The molecular formula is C14H17F2N3. The Bertz CT molecular complexity index is 491. The summed E-state index contributed by atoms with van der Waals surface area (Å²) < 4.78 is 27.8. The van der Waals surface area contributed by atoms with Gasteiger partial charge >= 0.3 is 0 Å². The lowest BCUT2D eigenvalue weighted by atomic mass is 9.89. The summed E-state index contributed by atoms with van der Waals surface area (Å²) in [4.78, 5) is 1.71. The number of nitrogens with one attached hydrogen (secondary N) is 1. The second-order valence-electron chi connectivity index (χ2n) is 5.20. The van der Waals surface area contributed by atoms with Gasteiger partial charge in [0.1, 0.15) is 5.69 Å². The van der Waals surface area contributed by atoms with Gasteiger partial charge < -0.3 is 10.2 Å². The van der Waals surface area contributed by atoms with Gasteiger partial charge in [-0.2, -0.15) is 5.26 Å². The van der Waals surface area contributed by atoms with Gasteiger partial charge in [0.25, 0.3) is 0 Å². The Balaban J connectivity index is 2.23. The summed E-state index contributed by atoms with van der Waals surface area (Å²) in [5.41, 5.74) is 0.0174. The van der Waals surface area contributed by atoms with Crippen LogP contribution < -0.4 is 10.2 Å². The molecule has 0 unspecified atom stereocenters. The van der Waals surface area contributed by atoms with E-state index in [9.17, 15) is 8.78 Å². The molecule has 19 heavy (non-hydrogen) atoms. The minimum Gasteiger partial charge on any atom is -0.367 e. The molecule has 1 heterocycles. The van der Waals surface area contributed by atoms with Crippen molar-refractivity contribution in [2.24, 2.45) is 0 Å². The highest BCUT2D eigenvalue weighted by Crippen LogP contribution is 2.30. The molecule has 0 saturated carbocycles. The van der Waals surface area contributed by atoms with Gasteiger partial charge in [-0.05, 0) is 38.9 Å². The Morgan fingerprint density at radius 3 is 2.21 bits per heavy atom. The van der Waals surface area contributed by atoms with E-state index in [4.69, 9.17) is 5.26 Å². The van der Waals surface area contributed by atoms with Crippen LogP contribution in [0, 0.1) is 23.0 Å². The van der Waals surface area contributed by atoms with Gasteiger partial charge in [0.05, 0.1) is 11.6 Å². The molecule has 1 aliphatic rings. The SMILES string of the molecule is CNC1(C)CCN(c2c(F)cc(C#N)cc2F)CC1. The Labute approximate surface area is 111 Å². The number of hydrogen-bond acceptors (Lipinski definition) is 3. The molecule has 0 aromatic heterocycles. The highest BCUT2D eigenvalue weighted by molar-refractivity contribution is 5.53. The minimum atomic E-state index is -0.662. The highest BCUT2D eigenvalue weighted by Gasteiger charge is 2.30. The second kappa shape index (κ2) is 5.14. The molecule has 0 radical (unpaired) electrons. The zero-order valence-corrected chi connectivity index (χ0v) is 11.1. The van der Waals surface area contributed by atoms with E-state index in [1.807, 2.05) is 7.05 Å². The molecule has 0 atom stereocenters. The number of piperidine rings is 1. The standard InChI is InChI=1S/C14H17F2N3/c1-14(18-2)3-5-19(6-4-14)13-11(15)7-10(9-17)8-12(13)16/h7-8,18H,3-6H2,1-2H3. The number of hydrogen-bond donors (Lipinski definition) is 1. The number of nitriles is 1. The molecule has 0 spiro atoms. The summed E-state index contributed by atoms with van der Waals surface area (Å²) in [5, 5.41) is 11.9. The quantitative estimate of drug-likeness (QED) is 0.892. The van der Waals surface area contributed by atoms with E-state index in [0.717, 1.165) is 25.0 Å². The minimum absolute atomic E-state index is 0.0100. The van der Waals surface area contributed by atoms with E-state index in [1.54, 1.807) is 11.0 Å². The molecule has 2 rings (SSSR count). The zero-order valence-electron chi connectivity index (χ0n) is 11.1. The predicted octanol–water partition coefficient (Wildman–Crippen LogP) is 2.41. The Morgan fingerprint density at radius 2 is 1.79 bits per heavy atom. The van der Waals surface area contributed by atoms with Crippen LogP contribution in [0.25, 0.3) is 0 Å². The summed E-state index contributed by atoms with van der Waals surface area (Å²) in [6.07, 6.45) is 1.64. The maximum Gasteiger partial charge on any atom is 0.150 e. The van der Waals surface area contributed by atoms with Crippen molar-refractivity contribution >= 4 is 5.69 Å². The second-order valence-corrected chi connectivity index (χ2v) is 5.20. The number of rotatable bonds is 2. The molecular weight excluding hydrogens is 248 g/mol. The van der Waals surface area contributed by atoms with E-state index in [2.05, 4.69) is 12.2 Å². The molecule has 1 N–H and O–H groups in total. The van der Waals surface area contributed by atoms with Gasteiger partial charge in [-0.3, -0.25) is 0 Å². The van der Waals surface area contributed by atoms with Crippen LogP contribution in [0.5, 0.6) is 0 Å². The van der Waals surface area contributed by atoms with Crippen LogP contribution in [0.2, 0.25) is 0 Å². The van der Waals surface area contributed by atoms with Gasteiger partial charge in [-0.25, -0.2) is 8.78 Å². The van der Waals surface area contributed by atoms with Gasteiger partial charge in [0, 0.05) is 18.6 Å². The summed E-state index contributed by atoms with van der Waals surface area (Å²) in [6.45, 7) is 3.30. The monoisotopic (exact) mass is 265 g/mol. The third kappa shape index (κ3) is 2.69. The van der Waals surface area contributed by atoms with Crippen LogP contribution in [-0.4, -0.2) is 25.7 Å². The lowest BCUT2D eigenvalue weighted by molar-refractivity contribution is 0.303. The molecule has 3 nitrogen and oxygen atoms in total. The van der Waals surface area contributed by atoms with Crippen molar-refractivity contribution in [2.75, 3.05) is 25.0 Å². The lowest BCUT2D eigenvalue weighted by Gasteiger charge is -2.40. The van der Waals surface area contributed by atoms with Gasteiger partial charge in [0.15, 0.2) is 11.6 Å². The van der Waals surface area contributed by atoms with Crippen molar-refractivity contribution in [3.8, 4) is 6.07 Å². The van der Waals surface area contributed by atoms with Crippen molar-refractivity contribution in [2.45, 2.75) is 25.3 Å². The number of anilines is 1. The maximum absolute atomic E-state index is 13.9. The molecule has 5 heteroatoms. The lowest BCUT2D eigenvalue weighted by Crippen LogP contribution is -2.50. The molecule has 1 saturated heterocycles. The molecule has 1 aromatic carbocycles. The third-order valence-corrected chi connectivity index (χ3v) is 3.93. The fraction of sp³-hybridized carbons (Fsp3) is 0.500. The normalized spacial score (nSPS) is 18.2. The van der Waals surface area contributed by atoms with Crippen LogP contribution in [0.15, 0.2) is 12.1 Å². The van der Waals surface area contributed by atoms with Gasteiger partial charge in [-0.15, -0.1) is 0 Å². The summed E-state index contributed by atoms with van der Waals surface area (Å²) >= 11 is 0. The van der Waals surface area contributed by atoms with Crippen LogP contribution >= 0.6 is 0 Å². The molecule has 1 aromatic rings. The van der Waals surface area contributed by atoms with Crippen LogP contribution in [0.1, 0.15) is 25.3 Å². The number of benzene rings is 1. The smallest absolute Gasteiger partial charge is 0.150 e. The highest BCUT2D eigenvalue weighted by atomic mass is 19.1. The molecule has 1 fully saturated rings.